The van der Waals surface area contributed by atoms with Crippen LogP contribution in [0.3, 0.4) is 0 Å². The molecule has 1 aliphatic heterocycles. The van der Waals surface area contributed by atoms with Crippen molar-refractivity contribution < 1.29 is 48.6 Å². The zero-order valence-electron chi connectivity index (χ0n) is 17.1. The van der Waals surface area contributed by atoms with E-state index >= 15 is 0 Å². The van der Waals surface area contributed by atoms with Gasteiger partial charge in [0.2, 0.25) is 0 Å². The molecule has 0 N–H and O–H groups in total. The third kappa shape index (κ3) is 3.76. The number of rotatable bonds is 3. The van der Waals surface area contributed by atoms with Gasteiger partial charge in [-0.2, -0.15) is 0 Å². The van der Waals surface area contributed by atoms with Gasteiger partial charge >= 0.3 is 29.6 Å². The Bertz CT molecular complexity index is 1330. The number of hydrogen-bond donors (Lipinski definition) is 0. The number of fused-ring (bicyclic) bond motifs is 4. The zero-order chi connectivity index (χ0) is 20.8. The smallest absolute Gasteiger partial charge is 0.548 e. The van der Waals surface area contributed by atoms with Gasteiger partial charge in [-0.3, -0.25) is 4.79 Å². The van der Waals surface area contributed by atoms with Gasteiger partial charge in [0.05, 0.1) is 12.5 Å². The summed E-state index contributed by atoms with van der Waals surface area (Å²) in [5.74, 6) is -1.68. The maximum atomic E-state index is 14.0. The Balaban J connectivity index is 0.00000231. The number of carbonyl (C=O) groups excluding carboxylic acids is 2. The molecule has 2 heterocycles. The van der Waals surface area contributed by atoms with Crippen molar-refractivity contribution in [3.05, 3.63) is 83.3 Å². The van der Waals surface area contributed by atoms with Gasteiger partial charge in [0.1, 0.15) is 5.82 Å². The molecule has 7 heteroatoms. The van der Waals surface area contributed by atoms with Crippen LogP contribution in [0.1, 0.15) is 21.6 Å². The minimum Gasteiger partial charge on any atom is -0.548 e. The maximum Gasteiger partial charge on any atom is 1.00 e. The normalized spacial score (nSPS) is 13.1. The van der Waals surface area contributed by atoms with Gasteiger partial charge in [-0.05, 0) is 35.0 Å². The number of amides is 1. The minimum atomic E-state index is -1.20. The number of aliphatic carboxylic acids is 1. The van der Waals surface area contributed by atoms with E-state index in [0.717, 1.165) is 22.0 Å². The first-order valence-electron chi connectivity index (χ1n) is 9.79. The van der Waals surface area contributed by atoms with Crippen LogP contribution < -0.4 is 34.7 Å². The van der Waals surface area contributed by atoms with Crippen LogP contribution >= 0.6 is 0 Å². The molecular weight excluding hydrogens is 406 g/mol. The second kappa shape index (κ2) is 8.46. The molecule has 0 fully saturated rings. The van der Waals surface area contributed by atoms with Gasteiger partial charge < -0.3 is 19.4 Å². The van der Waals surface area contributed by atoms with Crippen molar-refractivity contribution in [1.29, 1.82) is 0 Å². The summed E-state index contributed by atoms with van der Waals surface area (Å²) in [7, 11) is 0. The van der Waals surface area contributed by atoms with Crippen LogP contribution in [0.2, 0.25) is 0 Å². The molecule has 1 amide bonds. The minimum absolute atomic E-state index is 0. The molecule has 0 bridgehead atoms. The van der Waals surface area contributed by atoms with E-state index in [0.29, 0.717) is 36.0 Å². The van der Waals surface area contributed by atoms with Crippen molar-refractivity contribution in [2.75, 3.05) is 6.54 Å². The predicted molar refractivity (Wildman–Crippen MR) is 109 cm³/mol. The molecule has 150 valence electrons. The molecule has 0 atom stereocenters. The summed E-state index contributed by atoms with van der Waals surface area (Å²) in [4.78, 5) is 26.4. The fraction of sp³-hybridized carbons (Fsp3) is 0.167. The van der Waals surface area contributed by atoms with Gasteiger partial charge in [0.15, 0.2) is 0 Å². The van der Waals surface area contributed by atoms with Gasteiger partial charge in [-0.25, -0.2) is 4.39 Å². The average molecular weight is 424 g/mol. The number of carboxylic acid groups (broad SMARTS) is 1. The number of halogens is 1. The number of carboxylic acids is 1. The van der Waals surface area contributed by atoms with Crippen LogP contribution in [0, 0.1) is 5.82 Å². The summed E-state index contributed by atoms with van der Waals surface area (Å²) in [6.07, 6.45) is 0.495. The standard InChI is InChI=1S/C24H19FN2O3.Na/c25-16-8-9-21-19(12-16)20-13-26(11-10-22(20)27(21)14-23(28)29)24(30)18-7-3-5-15-4-1-2-6-17(15)18;/h1-9,12H,10-11,13-14H2,(H,28,29);/q;+1/p-1. The van der Waals surface area contributed by atoms with E-state index in [2.05, 4.69) is 0 Å². The Kier molecular flexibility index (Phi) is 5.88. The van der Waals surface area contributed by atoms with E-state index in [9.17, 15) is 19.1 Å². The second-order valence-corrected chi connectivity index (χ2v) is 7.55. The molecule has 1 aromatic heterocycles. The largest absolute Gasteiger partial charge is 1.00 e. The number of nitrogens with zero attached hydrogens (tertiary/aromatic N) is 2. The monoisotopic (exact) mass is 424 g/mol. The first-order chi connectivity index (χ1) is 14.5. The summed E-state index contributed by atoms with van der Waals surface area (Å²) in [5, 5.41) is 13.8. The van der Waals surface area contributed by atoms with Gasteiger partial charge in [-0.15, -0.1) is 0 Å². The van der Waals surface area contributed by atoms with Crippen LogP contribution in [0.15, 0.2) is 60.7 Å². The van der Waals surface area contributed by atoms with Crippen LogP contribution in [0.5, 0.6) is 0 Å². The second-order valence-electron chi connectivity index (χ2n) is 7.55. The fourth-order valence-electron chi connectivity index (χ4n) is 4.49. The number of hydrogen-bond acceptors (Lipinski definition) is 3. The number of benzene rings is 3. The summed E-state index contributed by atoms with van der Waals surface area (Å²) in [5.41, 5.74) is 2.89. The third-order valence-electron chi connectivity index (χ3n) is 5.81. The van der Waals surface area contributed by atoms with E-state index in [1.54, 1.807) is 15.5 Å². The molecule has 31 heavy (non-hydrogen) atoms. The molecule has 0 radical (unpaired) electrons. The van der Waals surface area contributed by atoms with Gasteiger partial charge in [0.25, 0.3) is 5.91 Å². The summed E-state index contributed by atoms with van der Waals surface area (Å²) >= 11 is 0. The van der Waals surface area contributed by atoms with Crippen molar-refractivity contribution in [2.24, 2.45) is 0 Å². The van der Waals surface area contributed by atoms with E-state index in [1.165, 1.54) is 12.1 Å². The van der Waals surface area contributed by atoms with Crippen molar-refractivity contribution in [2.45, 2.75) is 19.5 Å². The van der Waals surface area contributed by atoms with Crippen molar-refractivity contribution in [1.82, 2.24) is 9.47 Å². The van der Waals surface area contributed by atoms with Crippen LogP contribution in [0.4, 0.5) is 4.39 Å². The Morgan fingerprint density at radius 1 is 1.00 bits per heavy atom. The molecule has 0 saturated carbocycles. The SMILES string of the molecule is O=C([O-])Cn1c2c(c3cc(F)ccc31)CN(C(=O)c1cccc3ccccc13)CC2.[Na+]. The molecule has 3 aromatic carbocycles. The topological polar surface area (TPSA) is 65.4 Å². The van der Waals surface area contributed by atoms with Crippen LogP contribution in [-0.2, 0) is 24.3 Å². The quantitative estimate of drug-likeness (QED) is 0.431. The van der Waals surface area contributed by atoms with E-state index in [1.807, 2.05) is 42.5 Å². The van der Waals surface area contributed by atoms with Crippen molar-refractivity contribution in [3.63, 3.8) is 0 Å². The molecule has 1 aliphatic rings. The number of carbonyl (C=O) groups is 2. The first kappa shape index (κ1) is 21.6. The van der Waals surface area contributed by atoms with Crippen LogP contribution in [-0.4, -0.2) is 27.9 Å². The zero-order valence-corrected chi connectivity index (χ0v) is 19.1. The Morgan fingerprint density at radius 2 is 1.77 bits per heavy atom. The molecule has 0 aliphatic carbocycles. The van der Waals surface area contributed by atoms with Crippen LogP contribution in [0.25, 0.3) is 21.7 Å². The van der Waals surface area contributed by atoms with Gasteiger partial charge in [0, 0.05) is 47.2 Å². The molecule has 0 saturated heterocycles. The Labute approximate surface area is 200 Å². The maximum absolute atomic E-state index is 14.0. The summed E-state index contributed by atoms with van der Waals surface area (Å²) in [6.45, 7) is 0.465. The first-order valence-corrected chi connectivity index (χ1v) is 9.79. The molecule has 4 aromatic rings. The fourth-order valence-corrected chi connectivity index (χ4v) is 4.49. The van der Waals surface area contributed by atoms with Gasteiger partial charge in [-0.1, -0.05) is 36.4 Å². The summed E-state index contributed by atoms with van der Waals surface area (Å²) in [6, 6.07) is 17.7. The average Bonchev–Trinajstić information content (AvgIpc) is 3.04. The molecule has 5 rings (SSSR count). The molecule has 5 nitrogen and oxygen atoms in total. The van der Waals surface area contributed by atoms with Crippen molar-refractivity contribution >= 4 is 33.6 Å². The molecule has 0 unspecified atom stereocenters. The Morgan fingerprint density at radius 3 is 2.58 bits per heavy atom. The molecule has 0 spiro atoms. The van der Waals surface area contributed by atoms with Crippen molar-refractivity contribution in [3.8, 4) is 0 Å². The van der Waals surface area contributed by atoms with E-state index in [-0.39, 0.29) is 42.0 Å². The molecular formula is C24H18FN2NaO3. The Hall–Kier alpha value is -2.67. The summed E-state index contributed by atoms with van der Waals surface area (Å²) < 4.78 is 15.6. The predicted octanol–water partition coefficient (Wildman–Crippen LogP) is -0.114. The number of aromatic nitrogens is 1. The van der Waals surface area contributed by atoms with E-state index < -0.39 is 11.8 Å². The van der Waals surface area contributed by atoms with E-state index in [4.69, 9.17) is 0 Å². The third-order valence-corrected chi connectivity index (χ3v) is 5.81.